The number of amides is 2. The second-order valence-electron chi connectivity index (χ2n) is 6.35. The monoisotopic (exact) mass is 389 g/mol. The smallest absolute Gasteiger partial charge is 0.255 e. The van der Waals surface area contributed by atoms with E-state index in [0.29, 0.717) is 24.2 Å². The van der Waals surface area contributed by atoms with Crippen LogP contribution in [0.15, 0.2) is 48.5 Å². The molecular weight excluding hydrogens is 362 g/mol. The Labute approximate surface area is 167 Å². The summed E-state index contributed by atoms with van der Waals surface area (Å²) in [5, 5.41) is 5.80. The molecule has 2 aromatic carbocycles. The van der Waals surface area contributed by atoms with Crippen LogP contribution in [-0.2, 0) is 4.79 Å². The second-order valence-corrected chi connectivity index (χ2v) is 6.35. The minimum atomic E-state index is -0.174. The molecule has 0 bridgehead atoms. The molecule has 0 atom stereocenters. The van der Waals surface area contributed by atoms with Crippen molar-refractivity contribution in [3.8, 4) is 0 Å². The van der Waals surface area contributed by atoms with E-state index in [1.54, 1.807) is 18.2 Å². The van der Waals surface area contributed by atoms with Gasteiger partial charge in [0.2, 0.25) is 5.91 Å². The van der Waals surface area contributed by atoms with Crippen LogP contribution in [0.25, 0.3) is 0 Å². The molecule has 0 saturated heterocycles. The van der Waals surface area contributed by atoms with Crippen molar-refractivity contribution in [3.63, 3.8) is 0 Å². The summed E-state index contributed by atoms with van der Waals surface area (Å²) in [5.41, 5.74) is 8.40. The van der Waals surface area contributed by atoms with Crippen molar-refractivity contribution in [3.05, 3.63) is 59.7 Å². The van der Waals surface area contributed by atoms with Crippen LogP contribution in [0.5, 0.6) is 0 Å². The number of hydrogen-bond donors (Lipinski definition) is 3. The molecule has 2 amide bonds. The highest BCUT2D eigenvalue weighted by Crippen LogP contribution is 2.21. The number of hydrogen-bond acceptors (Lipinski definition) is 3. The molecule has 6 heteroatoms. The second kappa shape index (κ2) is 12.1. The highest BCUT2D eigenvalue weighted by atomic mass is 35.5. The van der Waals surface area contributed by atoms with E-state index in [2.05, 4.69) is 10.6 Å². The topological polar surface area (TPSA) is 84.2 Å². The van der Waals surface area contributed by atoms with Gasteiger partial charge in [0.05, 0.1) is 0 Å². The third kappa shape index (κ3) is 7.81. The fourth-order valence-electron chi connectivity index (χ4n) is 2.62. The van der Waals surface area contributed by atoms with E-state index in [1.165, 1.54) is 0 Å². The van der Waals surface area contributed by atoms with Gasteiger partial charge in [-0.1, -0.05) is 37.1 Å². The van der Waals surface area contributed by atoms with Crippen molar-refractivity contribution in [1.29, 1.82) is 0 Å². The largest absolute Gasteiger partial charge is 0.330 e. The number of nitrogens with two attached hydrogens (primary N) is 1. The quantitative estimate of drug-likeness (QED) is 0.551. The number of aryl methyl sites for hydroxylation is 1. The maximum absolute atomic E-state index is 12.3. The van der Waals surface area contributed by atoms with Crippen molar-refractivity contribution < 1.29 is 9.59 Å². The van der Waals surface area contributed by atoms with Crippen LogP contribution in [0.1, 0.15) is 48.0 Å². The average molecular weight is 390 g/mol. The van der Waals surface area contributed by atoms with Crippen LogP contribution >= 0.6 is 12.4 Å². The first-order valence-corrected chi connectivity index (χ1v) is 9.07. The lowest BCUT2D eigenvalue weighted by molar-refractivity contribution is -0.116. The van der Waals surface area contributed by atoms with Gasteiger partial charge in [-0.2, -0.15) is 0 Å². The third-order valence-corrected chi connectivity index (χ3v) is 4.16. The van der Waals surface area contributed by atoms with Gasteiger partial charge in [-0.05, 0) is 56.1 Å². The lowest BCUT2D eigenvalue weighted by Gasteiger charge is -2.12. The highest BCUT2D eigenvalue weighted by molar-refractivity contribution is 6.04. The predicted molar refractivity (Wildman–Crippen MR) is 114 cm³/mol. The maximum atomic E-state index is 12.3. The van der Waals surface area contributed by atoms with E-state index in [-0.39, 0.29) is 24.2 Å². The molecule has 4 N–H and O–H groups in total. The van der Waals surface area contributed by atoms with Gasteiger partial charge in [-0.15, -0.1) is 12.4 Å². The molecule has 27 heavy (non-hydrogen) atoms. The predicted octanol–water partition coefficient (Wildman–Crippen LogP) is 4.52. The van der Waals surface area contributed by atoms with Crippen LogP contribution in [-0.4, -0.2) is 18.4 Å². The summed E-state index contributed by atoms with van der Waals surface area (Å²) in [5.74, 6) is -0.181. The number of carbonyl (C=O) groups is 2. The summed E-state index contributed by atoms with van der Waals surface area (Å²) in [6, 6.07) is 14.5. The van der Waals surface area contributed by atoms with E-state index in [4.69, 9.17) is 5.73 Å². The van der Waals surface area contributed by atoms with E-state index in [1.807, 2.05) is 37.3 Å². The normalized spacial score (nSPS) is 10.0. The minimum Gasteiger partial charge on any atom is -0.330 e. The van der Waals surface area contributed by atoms with Gasteiger partial charge < -0.3 is 16.4 Å². The lowest BCUT2D eigenvalue weighted by atomic mass is 10.1. The molecule has 5 nitrogen and oxygen atoms in total. The van der Waals surface area contributed by atoms with Gasteiger partial charge in [0.15, 0.2) is 0 Å². The number of carbonyl (C=O) groups excluding carboxylic acids is 2. The molecule has 0 unspecified atom stereocenters. The SMILES string of the molecule is Cc1ccc(NC(=O)c2ccccc2)cc1NC(=O)CCCCCCN.Cl. The summed E-state index contributed by atoms with van der Waals surface area (Å²) in [4.78, 5) is 24.4. The Morgan fingerprint density at radius 3 is 2.33 bits per heavy atom. The lowest BCUT2D eigenvalue weighted by Crippen LogP contribution is -2.14. The molecular formula is C21H28ClN3O2. The Morgan fingerprint density at radius 1 is 0.926 bits per heavy atom. The Kier molecular flexibility index (Phi) is 10.2. The molecule has 0 aliphatic carbocycles. The van der Waals surface area contributed by atoms with Gasteiger partial charge in [-0.3, -0.25) is 9.59 Å². The Hall–Kier alpha value is -2.37. The van der Waals surface area contributed by atoms with E-state index in [0.717, 1.165) is 36.9 Å². The summed E-state index contributed by atoms with van der Waals surface area (Å²) >= 11 is 0. The standard InChI is InChI=1S/C21H27N3O2.ClH/c1-16-12-13-18(23-21(26)17-9-5-4-6-10-17)15-19(16)24-20(25)11-7-2-3-8-14-22;/h4-6,9-10,12-13,15H,2-3,7-8,11,14,22H2,1H3,(H,23,26)(H,24,25);1H. The Balaban J connectivity index is 0.00000364. The van der Waals surface area contributed by atoms with E-state index < -0.39 is 0 Å². The minimum absolute atomic E-state index is 0. The van der Waals surface area contributed by atoms with Crippen LogP contribution in [0.2, 0.25) is 0 Å². The summed E-state index contributed by atoms with van der Waals surface area (Å²) in [6.07, 6.45) is 4.42. The van der Waals surface area contributed by atoms with Crippen LogP contribution in [0, 0.1) is 6.92 Å². The Bertz CT molecular complexity index is 735. The van der Waals surface area contributed by atoms with E-state index in [9.17, 15) is 9.59 Å². The number of halogens is 1. The molecule has 0 radical (unpaired) electrons. The Morgan fingerprint density at radius 2 is 1.63 bits per heavy atom. The fraction of sp³-hybridized carbons (Fsp3) is 0.333. The first-order valence-electron chi connectivity index (χ1n) is 9.07. The summed E-state index contributed by atoms with van der Waals surface area (Å²) in [7, 11) is 0. The highest BCUT2D eigenvalue weighted by Gasteiger charge is 2.09. The molecule has 0 fully saturated rings. The van der Waals surface area contributed by atoms with Gasteiger partial charge in [-0.25, -0.2) is 0 Å². The van der Waals surface area contributed by atoms with Crippen LogP contribution in [0.3, 0.4) is 0 Å². The summed E-state index contributed by atoms with van der Waals surface area (Å²) < 4.78 is 0. The molecule has 2 rings (SSSR count). The molecule has 2 aromatic rings. The van der Waals surface area contributed by atoms with Crippen molar-refractivity contribution >= 4 is 35.6 Å². The maximum Gasteiger partial charge on any atom is 0.255 e. The number of nitrogens with one attached hydrogen (secondary N) is 2. The number of anilines is 2. The van der Waals surface area contributed by atoms with Gasteiger partial charge in [0.1, 0.15) is 0 Å². The molecule has 0 aliphatic rings. The summed E-state index contributed by atoms with van der Waals surface area (Å²) in [6.45, 7) is 2.63. The average Bonchev–Trinajstić information content (AvgIpc) is 2.65. The van der Waals surface area contributed by atoms with Gasteiger partial charge >= 0.3 is 0 Å². The van der Waals surface area contributed by atoms with Crippen molar-refractivity contribution in [2.24, 2.45) is 5.73 Å². The number of rotatable bonds is 9. The van der Waals surface area contributed by atoms with E-state index >= 15 is 0 Å². The molecule has 0 aliphatic heterocycles. The molecule has 0 spiro atoms. The number of benzene rings is 2. The number of unbranched alkanes of at least 4 members (excludes halogenated alkanes) is 3. The molecule has 0 heterocycles. The van der Waals surface area contributed by atoms with Crippen molar-refractivity contribution in [2.75, 3.05) is 17.2 Å². The molecule has 0 aromatic heterocycles. The zero-order valence-corrected chi connectivity index (χ0v) is 16.5. The van der Waals surface area contributed by atoms with Crippen LogP contribution < -0.4 is 16.4 Å². The first kappa shape index (κ1) is 22.7. The van der Waals surface area contributed by atoms with Crippen molar-refractivity contribution in [1.82, 2.24) is 0 Å². The first-order chi connectivity index (χ1) is 12.6. The molecule has 0 saturated carbocycles. The van der Waals surface area contributed by atoms with Gasteiger partial charge in [0, 0.05) is 23.4 Å². The van der Waals surface area contributed by atoms with Gasteiger partial charge in [0.25, 0.3) is 5.91 Å². The fourth-order valence-corrected chi connectivity index (χ4v) is 2.62. The zero-order chi connectivity index (χ0) is 18.8. The zero-order valence-electron chi connectivity index (χ0n) is 15.7. The van der Waals surface area contributed by atoms with Crippen LogP contribution in [0.4, 0.5) is 11.4 Å². The van der Waals surface area contributed by atoms with Crippen molar-refractivity contribution in [2.45, 2.75) is 39.0 Å². The molecule has 146 valence electrons. The third-order valence-electron chi connectivity index (χ3n) is 4.16.